The highest BCUT2D eigenvalue weighted by molar-refractivity contribution is 5.82. The summed E-state index contributed by atoms with van der Waals surface area (Å²) in [5.74, 6) is -1.22. The molecule has 0 aromatic rings. The number of carboxylic acids is 1. The van der Waals surface area contributed by atoms with Crippen LogP contribution in [0.5, 0.6) is 0 Å². The van der Waals surface area contributed by atoms with E-state index < -0.39 is 18.1 Å². The van der Waals surface area contributed by atoms with Crippen LogP contribution in [-0.2, 0) is 14.3 Å². The van der Waals surface area contributed by atoms with Crippen molar-refractivity contribution >= 4 is 11.9 Å². The molecule has 1 heterocycles. The average molecular weight is 230 g/mol. The molecule has 6 heteroatoms. The Bertz CT molecular complexity index is 270. The molecule has 0 aromatic carbocycles. The monoisotopic (exact) mass is 230 g/mol. The molecule has 2 atom stereocenters. The minimum Gasteiger partial charge on any atom is -0.479 e. The number of hydrogen-bond donors (Lipinski definition) is 2. The maximum atomic E-state index is 11.8. The van der Waals surface area contributed by atoms with Crippen molar-refractivity contribution in [3.05, 3.63) is 0 Å². The Kier molecular flexibility index (Phi) is 4.70. The lowest BCUT2D eigenvalue weighted by molar-refractivity contribution is -0.159. The summed E-state index contributed by atoms with van der Waals surface area (Å²) >= 11 is 0. The summed E-state index contributed by atoms with van der Waals surface area (Å²) in [6.45, 7) is 2.71. The highest BCUT2D eigenvalue weighted by Crippen LogP contribution is 2.08. The van der Waals surface area contributed by atoms with Gasteiger partial charge < -0.3 is 20.5 Å². The standard InChI is InChI=1S/C10H18N2O4/c1-2-3-7(11)9(13)12-4-5-16-8(6-12)10(14)15/h7-8H,2-6,11H2,1H3,(H,14,15)/t7-,8?/m1/s1. The number of carboxylic acid groups (broad SMARTS) is 1. The fraction of sp³-hybridized carbons (Fsp3) is 0.800. The fourth-order valence-corrected chi connectivity index (χ4v) is 1.67. The summed E-state index contributed by atoms with van der Waals surface area (Å²) in [5.41, 5.74) is 5.70. The van der Waals surface area contributed by atoms with Crippen LogP contribution in [0.4, 0.5) is 0 Å². The van der Waals surface area contributed by atoms with Gasteiger partial charge in [-0.15, -0.1) is 0 Å². The van der Waals surface area contributed by atoms with E-state index in [-0.39, 0.29) is 19.1 Å². The van der Waals surface area contributed by atoms with Crippen LogP contribution in [0.3, 0.4) is 0 Å². The molecule has 3 N–H and O–H groups in total. The van der Waals surface area contributed by atoms with Crippen LogP contribution >= 0.6 is 0 Å². The van der Waals surface area contributed by atoms with Crippen molar-refractivity contribution in [3.63, 3.8) is 0 Å². The topological polar surface area (TPSA) is 92.9 Å². The zero-order valence-corrected chi connectivity index (χ0v) is 9.39. The van der Waals surface area contributed by atoms with Gasteiger partial charge in [0.05, 0.1) is 19.2 Å². The summed E-state index contributed by atoms with van der Waals surface area (Å²) in [7, 11) is 0. The lowest BCUT2D eigenvalue weighted by atomic mass is 10.1. The van der Waals surface area contributed by atoms with E-state index in [1.165, 1.54) is 4.90 Å². The zero-order chi connectivity index (χ0) is 12.1. The van der Waals surface area contributed by atoms with Crippen molar-refractivity contribution in [2.24, 2.45) is 5.73 Å². The number of nitrogens with zero attached hydrogens (tertiary/aromatic N) is 1. The Morgan fingerprint density at radius 2 is 2.31 bits per heavy atom. The molecule has 0 spiro atoms. The minimum atomic E-state index is -1.04. The van der Waals surface area contributed by atoms with Crippen LogP contribution in [-0.4, -0.2) is 53.7 Å². The molecule has 6 nitrogen and oxygen atoms in total. The average Bonchev–Trinajstić information content (AvgIpc) is 2.28. The number of aliphatic carboxylic acids is 1. The van der Waals surface area contributed by atoms with E-state index in [9.17, 15) is 9.59 Å². The molecular weight excluding hydrogens is 212 g/mol. The summed E-state index contributed by atoms with van der Waals surface area (Å²) in [4.78, 5) is 24.0. The normalized spacial score (nSPS) is 22.9. The van der Waals surface area contributed by atoms with Gasteiger partial charge in [-0.2, -0.15) is 0 Å². The van der Waals surface area contributed by atoms with Gasteiger partial charge in [0.15, 0.2) is 6.10 Å². The molecule has 1 unspecified atom stereocenters. The van der Waals surface area contributed by atoms with Crippen molar-refractivity contribution in [3.8, 4) is 0 Å². The SMILES string of the molecule is CCC[C@@H](N)C(=O)N1CCOC(C(=O)O)C1. The fourth-order valence-electron chi connectivity index (χ4n) is 1.67. The van der Waals surface area contributed by atoms with E-state index in [1.54, 1.807) is 0 Å². The van der Waals surface area contributed by atoms with E-state index in [0.29, 0.717) is 13.0 Å². The Labute approximate surface area is 94.3 Å². The zero-order valence-electron chi connectivity index (χ0n) is 9.39. The second-order valence-corrected chi connectivity index (χ2v) is 3.88. The Morgan fingerprint density at radius 3 is 2.88 bits per heavy atom. The summed E-state index contributed by atoms with van der Waals surface area (Å²) in [6, 6.07) is -0.530. The maximum absolute atomic E-state index is 11.8. The molecule has 1 rings (SSSR count). The summed E-state index contributed by atoms with van der Waals surface area (Å²) < 4.78 is 5.03. The molecule has 1 amide bonds. The Hall–Kier alpha value is -1.14. The van der Waals surface area contributed by atoms with Crippen molar-refractivity contribution in [2.75, 3.05) is 19.7 Å². The number of carbonyl (C=O) groups excluding carboxylic acids is 1. The molecule has 0 aliphatic carbocycles. The highest BCUT2D eigenvalue weighted by atomic mass is 16.5. The molecule has 0 aromatic heterocycles. The molecule has 0 bridgehead atoms. The van der Waals surface area contributed by atoms with Gasteiger partial charge in [0.2, 0.25) is 5.91 Å². The van der Waals surface area contributed by atoms with E-state index in [2.05, 4.69) is 0 Å². The number of carbonyl (C=O) groups is 2. The van der Waals surface area contributed by atoms with E-state index in [0.717, 1.165) is 6.42 Å². The van der Waals surface area contributed by atoms with Gasteiger partial charge in [0.25, 0.3) is 0 Å². The van der Waals surface area contributed by atoms with Gasteiger partial charge in [0.1, 0.15) is 0 Å². The molecule has 1 aliphatic rings. The summed E-state index contributed by atoms with van der Waals surface area (Å²) in [5, 5.41) is 8.79. The van der Waals surface area contributed by atoms with Crippen molar-refractivity contribution < 1.29 is 19.4 Å². The predicted molar refractivity (Wildman–Crippen MR) is 56.8 cm³/mol. The molecular formula is C10H18N2O4. The van der Waals surface area contributed by atoms with Crippen molar-refractivity contribution in [2.45, 2.75) is 31.9 Å². The first kappa shape index (κ1) is 12.9. The number of morpholine rings is 1. The number of hydrogen-bond acceptors (Lipinski definition) is 4. The third-order valence-corrected chi connectivity index (χ3v) is 2.57. The quantitative estimate of drug-likeness (QED) is 0.674. The van der Waals surface area contributed by atoms with Gasteiger partial charge in [-0.25, -0.2) is 4.79 Å². The molecule has 16 heavy (non-hydrogen) atoms. The number of rotatable bonds is 4. The lowest BCUT2D eigenvalue weighted by Gasteiger charge is -2.32. The lowest BCUT2D eigenvalue weighted by Crippen LogP contribution is -2.53. The van der Waals surface area contributed by atoms with Gasteiger partial charge in [-0.05, 0) is 6.42 Å². The smallest absolute Gasteiger partial charge is 0.334 e. The van der Waals surface area contributed by atoms with Crippen LogP contribution in [0.1, 0.15) is 19.8 Å². The highest BCUT2D eigenvalue weighted by Gasteiger charge is 2.30. The van der Waals surface area contributed by atoms with Crippen molar-refractivity contribution in [1.29, 1.82) is 0 Å². The number of nitrogens with two attached hydrogens (primary N) is 1. The van der Waals surface area contributed by atoms with Crippen molar-refractivity contribution in [1.82, 2.24) is 4.90 Å². The first-order valence-electron chi connectivity index (χ1n) is 5.45. The molecule has 92 valence electrons. The van der Waals surface area contributed by atoms with Gasteiger partial charge in [0, 0.05) is 6.54 Å². The second kappa shape index (κ2) is 5.81. The van der Waals surface area contributed by atoms with E-state index in [1.807, 2.05) is 6.92 Å². The first-order valence-corrected chi connectivity index (χ1v) is 5.45. The Morgan fingerprint density at radius 1 is 1.62 bits per heavy atom. The summed E-state index contributed by atoms with van der Waals surface area (Å²) in [6.07, 6.45) is 0.527. The third-order valence-electron chi connectivity index (χ3n) is 2.57. The van der Waals surface area contributed by atoms with E-state index >= 15 is 0 Å². The molecule has 0 saturated carbocycles. The van der Waals surface area contributed by atoms with Gasteiger partial charge >= 0.3 is 5.97 Å². The van der Waals surface area contributed by atoms with Crippen LogP contribution in [0.25, 0.3) is 0 Å². The third kappa shape index (κ3) is 3.18. The van der Waals surface area contributed by atoms with Crippen LogP contribution in [0, 0.1) is 0 Å². The molecule has 1 saturated heterocycles. The molecule has 1 fully saturated rings. The first-order chi connectivity index (χ1) is 7.56. The van der Waals surface area contributed by atoms with Crippen LogP contribution < -0.4 is 5.73 Å². The molecule has 1 aliphatic heterocycles. The number of amides is 1. The van der Waals surface area contributed by atoms with Gasteiger partial charge in [-0.3, -0.25) is 4.79 Å². The predicted octanol–water partition coefficient (Wildman–Crippen LogP) is -0.574. The van der Waals surface area contributed by atoms with Gasteiger partial charge in [-0.1, -0.05) is 13.3 Å². The maximum Gasteiger partial charge on any atom is 0.334 e. The van der Waals surface area contributed by atoms with E-state index in [4.69, 9.17) is 15.6 Å². The Balaban J connectivity index is 2.53. The minimum absolute atomic E-state index is 0.0889. The number of ether oxygens (including phenoxy) is 1. The second-order valence-electron chi connectivity index (χ2n) is 3.88. The molecule has 0 radical (unpaired) electrons. The van der Waals surface area contributed by atoms with Crippen LogP contribution in [0.15, 0.2) is 0 Å². The van der Waals surface area contributed by atoms with Crippen LogP contribution in [0.2, 0.25) is 0 Å². The largest absolute Gasteiger partial charge is 0.479 e.